The Bertz CT molecular complexity index is 707. The molecular weight excluding hydrogens is 273 g/mol. The summed E-state index contributed by atoms with van der Waals surface area (Å²) in [5.41, 5.74) is 1.96. The quantitative estimate of drug-likeness (QED) is 0.779. The Labute approximate surface area is 132 Å². The van der Waals surface area contributed by atoms with Crippen molar-refractivity contribution < 1.29 is 9.31 Å². The summed E-state index contributed by atoms with van der Waals surface area (Å²) in [6.45, 7) is 8.47. The number of para-hydroxylation sites is 1. The number of aromatic nitrogens is 1. The molecule has 1 aliphatic carbocycles. The molecular formula is C18H22BNO2. The number of hydrogen-bond acceptors (Lipinski definition) is 3. The summed E-state index contributed by atoms with van der Waals surface area (Å²) < 4.78 is 12.4. The first-order chi connectivity index (χ1) is 10.4. The van der Waals surface area contributed by atoms with E-state index in [4.69, 9.17) is 9.31 Å². The van der Waals surface area contributed by atoms with E-state index in [0.717, 1.165) is 11.9 Å². The normalized spacial score (nSPS) is 29.0. The molecule has 1 aromatic heterocycles. The minimum atomic E-state index is -0.245. The fourth-order valence-electron chi connectivity index (χ4n) is 3.38. The molecule has 2 unspecified atom stereocenters. The van der Waals surface area contributed by atoms with Crippen LogP contribution in [0.1, 0.15) is 45.6 Å². The molecule has 0 N–H and O–H groups in total. The van der Waals surface area contributed by atoms with Gasteiger partial charge in [0.05, 0.1) is 16.7 Å². The molecule has 4 heteroatoms. The van der Waals surface area contributed by atoms with Gasteiger partial charge in [-0.3, -0.25) is 4.98 Å². The second-order valence-corrected chi connectivity index (χ2v) is 7.55. The van der Waals surface area contributed by atoms with Crippen molar-refractivity contribution in [3.63, 3.8) is 0 Å². The van der Waals surface area contributed by atoms with Crippen molar-refractivity contribution in [2.45, 2.75) is 57.1 Å². The summed E-state index contributed by atoms with van der Waals surface area (Å²) in [6.07, 6.45) is 3.04. The number of benzene rings is 1. The van der Waals surface area contributed by atoms with Crippen LogP contribution in [0, 0.1) is 0 Å². The molecule has 4 rings (SSSR count). The highest BCUT2D eigenvalue weighted by atomic mass is 16.7. The van der Waals surface area contributed by atoms with Gasteiger partial charge < -0.3 is 9.31 Å². The van der Waals surface area contributed by atoms with Gasteiger partial charge in [-0.05, 0) is 57.7 Å². The van der Waals surface area contributed by atoms with E-state index < -0.39 is 0 Å². The van der Waals surface area contributed by atoms with Crippen LogP contribution < -0.4 is 0 Å². The molecule has 22 heavy (non-hydrogen) atoms. The highest BCUT2D eigenvalue weighted by Crippen LogP contribution is 2.59. The number of fused-ring (bicyclic) bond motifs is 1. The Hall–Kier alpha value is -1.39. The Morgan fingerprint density at radius 3 is 2.45 bits per heavy atom. The van der Waals surface area contributed by atoms with E-state index in [1.165, 1.54) is 10.9 Å². The van der Waals surface area contributed by atoms with Crippen molar-refractivity contribution in [3.05, 3.63) is 42.1 Å². The molecule has 0 spiro atoms. The van der Waals surface area contributed by atoms with Crippen LogP contribution in [0.15, 0.2) is 36.5 Å². The van der Waals surface area contributed by atoms with Crippen LogP contribution in [0.3, 0.4) is 0 Å². The molecule has 0 radical (unpaired) electrons. The molecule has 1 saturated carbocycles. The van der Waals surface area contributed by atoms with Gasteiger partial charge in [-0.1, -0.05) is 18.2 Å². The Morgan fingerprint density at radius 2 is 1.73 bits per heavy atom. The van der Waals surface area contributed by atoms with E-state index in [1.54, 1.807) is 0 Å². The van der Waals surface area contributed by atoms with Gasteiger partial charge in [-0.25, -0.2) is 0 Å². The smallest absolute Gasteiger partial charge is 0.403 e. The van der Waals surface area contributed by atoms with Gasteiger partial charge >= 0.3 is 7.12 Å². The predicted octanol–water partition coefficient (Wildman–Crippen LogP) is 4.18. The van der Waals surface area contributed by atoms with E-state index in [9.17, 15) is 0 Å². The lowest BCUT2D eigenvalue weighted by molar-refractivity contribution is 0.00578. The summed E-state index contributed by atoms with van der Waals surface area (Å²) in [5, 5.41) is 1.26. The van der Waals surface area contributed by atoms with Crippen molar-refractivity contribution in [2.24, 2.45) is 0 Å². The Balaban J connectivity index is 1.60. The van der Waals surface area contributed by atoms with Gasteiger partial charge in [0.25, 0.3) is 0 Å². The van der Waals surface area contributed by atoms with Crippen LogP contribution >= 0.6 is 0 Å². The van der Waals surface area contributed by atoms with Crippen LogP contribution in [0.5, 0.6) is 0 Å². The van der Waals surface area contributed by atoms with E-state index >= 15 is 0 Å². The van der Waals surface area contributed by atoms with Gasteiger partial charge in [0.2, 0.25) is 0 Å². The topological polar surface area (TPSA) is 31.4 Å². The van der Waals surface area contributed by atoms with Crippen molar-refractivity contribution in [1.82, 2.24) is 4.98 Å². The molecule has 1 aliphatic heterocycles. The van der Waals surface area contributed by atoms with Gasteiger partial charge in [-0.2, -0.15) is 0 Å². The third kappa shape index (κ3) is 2.09. The lowest BCUT2D eigenvalue weighted by atomic mass is 9.79. The second kappa shape index (κ2) is 4.56. The number of pyridine rings is 1. The third-order valence-corrected chi connectivity index (χ3v) is 5.54. The molecule has 1 aromatic carbocycles. The maximum absolute atomic E-state index is 6.21. The monoisotopic (exact) mass is 295 g/mol. The van der Waals surface area contributed by atoms with Crippen molar-refractivity contribution >= 4 is 18.0 Å². The van der Waals surface area contributed by atoms with Crippen molar-refractivity contribution in [2.75, 3.05) is 0 Å². The van der Waals surface area contributed by atoms with Crippen molar-refractivity contribution in [3.8, 4) is 0 Å². The summed E-state index contributed by atoms with van der Waals surface area (Å²) in [5.74, 6) is 0.967. The summed E-state index contributed by atoms with van der Waals surface area (Å²) >= 11 is 0. The molecule has 0 amide bonds. The first-order valence-electron chi connectivity index (χ1n) is 8.08. The van der Waals surface area contributed by atoms with E-state index in [0.29, 0.717) is 11.7 Å². The summed E-state index contributed by atoms with van der Waals surface area (Å²) in [7, 11) is -0.0954. The van der Waals surface area contributed by atoms with Crippen molar-refractivity contribution in [1.29, 1.82) is 0 Å². The average molecular weight is 295 g/mol. The Kier molecular flexibility index (Phi) is 2.95. The fraction of sp³-hybridized carbons (Fsp3) is 0.500. The number of rotatable bonds is 2. The molecule has 0 bridgehead atoms. The zero-order chi connectivity index (χ0) is 15.5. The minimum absolute atomic E-state index is 0.0954. The minimum Gasteiger partial charge on any atom is -0.403 e. The molecule has 3 nitrogen and oxygen atoms in total. The lowest BCUT2D eigenvalue weighted by Crippen LogP contribution is -2.41. The maximum Gasteiger partial charge on any atom is 0.461 e. The van der Waals surface area contributed by atoms with Crippen LogP contribution in [0.25, 0.3) is 10.9 Å². The van der Waals surface area contributed by atoms with Crippen LogP contribution in [-0.4, -0.2) is 23.3 Å². The zero-order valence-electron chi connectivity index (χ0n) is 13.7. The molecule has 2 aliphatic rings. The molecule has 2 fully saturated rings. The highest BCUT2D eigenvalue weighted by molar-refractivity contribution is 6.49. The van der Waals surface area contributed by atoms with Crippen LogP contribution in [0.4, 0.5) is 0 Å². The molecule has 2 atom stereocenters. The molecule has 1 saturated heterocycles. The number of hydrogen-bond donors (Lipinski definition) is 0. The first kappa shape index (κ1) is 14.2. The standard InChI is InChI=1S/C18H22BNO2/c1-17(2)18(3,4)22-19(21-17)15-11-14(15)12-9-10-20-16-8-6-5-7-13(12)16/h5-10,14-15H,11H2,1-4H3. The lowest BCUT2D eigenvalue weighted by Gasteiger charge is -2.32. The highest BCUT2D eigenvalue weighted by Gasteiger charge is 2.60. The second-order valence-electron chi connectivity index (χ2n) is 7.55. The van der Waals surface area contributed by atoms with Crippen LogP contribution in [-0.2, 0) is 9.31 Å². The first-order valence-corrected chi connectivity index (χ1v) is 8.08. The average Bonchev–Trinajstić information content (AvgIpc) is 3.21. The van der Waals surface area contributed by atoms with Gasteiger partial charge in [-0.15, -0.1) is 0 Å². The zero-order valence-corrected chi connectivity index (χ0v) is 13.7. The molecule has 2 aromatic rings. The van der Waals surface area contributed by atoms with E-state index in [2.05, 4.69) is 56.9 Å². The van der Waals surface area contributed by atoms with Gasteiger partial charge in [0, 0.05) is 17.4 Å². The molecule has 2 heterocycles. The third-order valence-electron chi connectivity index (χ3n) is 5.54. The Morgan fingerprint density at radius 1 is 1.05 bits per heavy atom. The van der Waals surface area contributed by atoms with Gasteiger partial charge in [0.15, 0.2) is 0 Å². The summed E-state index contributed by atoms with van der Waals surface area (Å²) in [4.78, 5) is 4.46. The number of nitrogens with zero attached hydrogens (tertiary/aromatic N) is 1. The summed E-state index contributed by atoms with van der Waals surface area (Å²) in [6, 6.07) is 10.5. The van der Waals surface area contributed by atoms with Gasteiger partial charge in [0.1, 0.15) is 0 Å². The predicted molar refractivity (Wildman–Crippen MR) is 88.9 cm³/mol. The van der Waals surface area contributed by atoms with E-state index in [1.807, 2.05) is 12.3 Å². The molecule has 114 valence electrons. The van der Waals surface area contributed by atoms with Crippen LogP contribution in [0.2, 0.25) is 5.82 Å². The fourth-order valence-corrected chi connectivity index (χ4v) is 3.38. The van der Waals surface area contributed by atoms with E-state index in [-0.39, 0.29) is 18.3 Å². The SMILES string of the molecule is CC1(C)OB(C2CC2c2ccnc3ccccc23)OC1(C)C. The largest absolute Gasteiger partial charge is 0.461 e. The maximum atomic E-state index is 6.21.